The molecule has 0 aliphatic carbocycles. The van der Waals surface area contributed by atoms with Crippen molar-refractivity contribution in [1.82, 2.24) is 20.1 Å². The Bertz CT molecular complexity index is 1120. The fraction of sp³-hybridized carbons (Fsp3) is 0.261. The van der Waals surface area contributed by atoms with Crippen molar-refractivity contribution in [2.45, 2.75) is 37.3 Å². The standard InChI is InChI=1S/C23H23Cl3N4OS/c1-4-11-30-21(20(14(2)3)27-22(31)17-7-5-6-8-18(17)25)28-29-23(30)32-13-15-9-10-16(24)12-19(15)26/h4-10,12,14,20H,1,11,13H2,2-3H3,(H,27,31)/t20-/m0/s1. The number of aromatic nitrogens is 3. The number of rotatable bonds is 9. The highest BCUT2D eigenvalue weighted by Gasteiger charge is 2.26. The Morgan fingerprint density at radius 3 is 2.56 bits per heavy atom. The van der Waals surface area contributed by atoms with E-state index in [2.05, 4.69) is 22.1 Å². The SMILES string of the molecule is C=CCn1c(SCc2ccc(Cl)cc2Cl)nnc1[C@@H](NC(=O)c1ccccc1Cl)C(C)C. The van der Waals surface area contributed by atoms with E-state index >= 15 is 0 Å². The Morgan fingerprint density at radius 2 is 1.91 bits per heavy atom. The van der Waals surface area contributed by atoms with Crippen LogP contribution in [0.4, 0.5) is 0 Å². The molecule has 0 saturated carbocycles. The van der Waals surface area contributed by atoms with Crippen molar-refractivity contribution in [3.63, 3.8) is 0 Å². The Morgan fingerprint density at radius 1 is 1.16 bits per heavy atom. The highest BCUT2D eigenvalue weighted by Crippen LogP contribution is 2.30. The van der Waals surface area contributed by atoms with E-state index in [9.17, 15) is 4.79 Å². The highest BCUT2D eigenvalue weighted by atomic mass is 35.5. The van der Waals surface area contributed by atoms with Crippen LogP contribution in [0.5, 0.6) is 0 Å². The molecule has 1 atom stereocenters. The van der Waals surface area contributed by atoms with Gasteiger partial charge in [0.05, 0.1) is 16.6 Å². The van der Waals surface area contributed by atoms with Crippen molar-refractivity contribution < 1.29 is 4.79 Å². The number of benzene rings is 2. The Labute approximate surface area is 207 Å². The zero-order valence-electron chi connectivity index (χ0n) is 17.7. The van der Waals surface area contributed by atoms with Crippen LogP contribution in [0.1, 0.15) is 41.6 Å². The summed E-state index contributed by atoms with van der Waals surface area (Å²) in [5, 5.41) is 14.2. The monoisotopic (exact) mass is 508 g/mol. The molecule has 1 amide bonds. The number of carbonyl (C=O) groups excluding carboxylic acids is 1. The number of allylic oxidation sites excluding steroid dienone is 1. The lowest BCUT2D eigenvalue weighted by atomic mass is 10.0. The molecule has 9 heteroatoms. The summed E-state index contributed by atoms with van der Waals surface area (Å²) in [6.45, 7) is 8.40. The van der Waals surface area contributed by atoms with E-state index in [-0.39, 0.29) is 17.9 Å². The molecule has 0 fully saturated rings. The molecule has 168 valence electrons. The van der Waals surface area contributed by atoms with Gasteiger partial charge in [-0.1, -0.05) is 84.7 Å². The minimum Gasteiger partial charge on any atom is -0.342 e. The van der Waals surface area contributed by atoms with Gasteiger partial charge in [0.2, 0.25) is 0 Å². The molecule has 0 unspecified atom stereocenters. The lowest BCUT2D eigenvalue weighted by Crippen LogP contribution is -2.34. The molecule has 2 aromatic carbocycles. The molecule has 0 aliphatic heterocycles. The molecule has 3 aromatic rings. The van der Waals surface area contributed by atoms with Gasteiger partial charge >= 0.3 is 0 Å². The number of nitrogens with zero attached hydrogens (tertiary/aromatic N) is 3. The second kappa shape index (κ2) is 11.2. The minimum absolute atomic E-state index is 0.0674. The van der Waals surface area contributed by atoms with Gasteiger partial charge in [0.25, 0.3) is 5.91 Å². The van der Waals surface area contributed by atoms with Crippen LogP contribution >= 0.6 is 46.6 Å². The van der Waals surface area contributed by atoms with Crippen LogP contribution in [0.15, 0.2) is 60.3 Å². The molecule has 0 bridgehead atoms. The van der Waals surface area contributed by atoms with Crippen LogP contribution in [-0.4, -0.2) is 20.7 Å². The Kier molecular flexibility index (Phi) is 8.65. The third kappa shape index (κ3) is 5.87. The van der Waals surface area contributed by atoms with Crippen molar-refractivity contribution in [2.24, 2.45) is 5.92 Å². The first kappa shape index (κ1) is 24.6. The van der Waals surface area contributed by atoms with Crippen LogP contribution in [-0.2, 0) is 12.3 Å². The van der Waals surface area contributed by atoms with E-state index in [1.165, 1.54) is 11.8 Å². The topological polar surface area (TPSA) is 59.8 Å². The molecular formula is C23H23Cl3N4OS. The number of thioether (sulfide) groups is 1. The molecule has 32 heavy (non-hydrogen) atoms. The largest absolute Gasteiger partial charge is 0.342 e. The maximum Gasteiger partial charge on any atom is 0.253 e. The lowest BCUT2D eigenvalue weighted by Gasteiger charge is -2.23. The van der Waals surface area contributed by atoms with Crippen molar-refractivity contribution in [1.29, 1.82) is 0 Å². The first-order valence-corrected chi connectivity index (χ1v) is 12.1. The molecule has 1 aromatic heterocycles. The number of carbonyl (C=O) groups is 1. The third-order valence-corrected chi connectivity index (χ3v) is 6.71. The predicted molar refractivity (Wildman–Crippen MR) is 133 cm³/mol. The van der Waals surface area contributed by atoms with Gasteiger partial charge in [-0.25, -0.2) is 0 Å². The summed E-state index contributed by atoms with van der Waals surface area (Å²) in [6, 6.07) is 12.0. The average molecular weight is 510 g/mol. The van der Waals surface area contributed by atoms with Crippen LogP contribution in [0.25, 0.3) is 0 Å². The average Bonchev–Trinajstić information content (AvgIpc) is 3.14. The smallest absolute Gasteiger partial charge is 0.253 e. The number of halogens is 3. The normalized spacial score (nSPS) is 12.1. The fourth-order valence-electron chi connectivity index (χ4n) is 3.11. The first-order chi connectivity index (χ1) is 15.3. The summed E-state index contributed by atoms with van der Waals surface area (Å²) >= 11 is 20.0. The number of amides is 1. The van der Waals surface area contributed by atoms with Crippen molar-refractivity contribution in [3.8, 4) is 0 Å². The molecule has 0 spiro atoms. The van der Waals surface area contributed by atoms with E-state index in [1.807, 2.05) is 30.5 Å². The fourth-order valence-corrected chi connectivity index (χ4v) is 4.85. The highest BCUT2D eigenvalue weighted by molar-refractivity contribution is 7.98. The van der Waals surface area contributed by atoms with Crippen LogP contribution in [0, 0.1) is 5.92 Å². The molecule has 0 aliphatic rings. The summed E-state index contributed by atoms with van der Waals surface area (Å²) in [7, 11) is 0. The van der Waals surface area contributed by atoms with E-state index in [4.69, 9.17) is 34.8 Å². The van der Waals surface area contributed by atoms with Gasteiger partial charge in [-0.15, -0.1) is 16.8 Å². The van der Waals surface area contributed by atoms with Crippen molar-refractivity contribution in [3.05, 3.63) is 87.1 Å². The summed E-state index contributed by atoms with van der Waals surface area (Å²) < 4.78 is 1.96. The van der Waals surface area contributed by atoms with Gasteiger partial charge in [-0.2, -0.15) is 0 Å². The van der Waals surface area contributed by atoms with Crippen LogP contribution < -0.4 is 5.32 Å². The van der Waals surface area contributed by atoms with Crippen LogP contribution in [0.3, 0.4) is 0 Å². The maximum absolute atomic E-state index is 12.9. The quantitative estimate of drug-likeness (QED) is 0.253. The summed E-state index contributed by atoms with van der Waals surface area (Å²) in [4.78, 5) is 12.9. The minimum atomic E-state index is -0.361. The molecular weight excluding hydrogens is 487 g/mol. The zero-order chi connectivity index (χ0) is 23.3. The molecule has 5 nitrogen and oxygen atoms in total. The van der Waals surface area contributed by atoms with Gasteiger partial charge in [0.15, 0.2) is 11.0 Å². The lowest BCUT2D eigenvalue weighted by molar-refractivity contribution is 0.0922. The van der Waals surface area contributed by atoms with Crippen LogP contribution in [0.2, 0.25) is 15.1 Å². The molecule has 0 radical (unpaired) electrons. The second-order valence-corrected chi connectivity index (χ2v) is 9.63. The second-order valence-electron chi connectivity index (χ2n) is 7.44. The van der Waals surface area contributed by atoms with Crippen molar-refractivity contribution in [2.75, 3.05) is 0 Å². The molecule has 3 rings (SSSR count). The zero-order valence-corrected chi connectivity index (χ0v) is 20.8. The maximum atomic E-state index is 12.9. The van der Waals surface area contributed by atoms with Gasteiger partial charge in [0.1, 0.15) is 0 Å². The molecule has 1 N–H and O–H groups in total. The van der Waals surface area contributed by atoms with E-state index < -0.39 is 0 Å². The number of nitrogens with one attached hydrogen (secondary N) is 1. The summed E-state index contributed by atoms with van der Waals surface area (Å²) in [5.41, 5.74) is 1.37. The van der Waals surface area contributed by atoms with Crippen molar-refractivity contribution >= 4 is 52.5 Å². The number of hydrogen-bond acceptors (Lipinski definition) is 4. The summed E-state index contributed by atoms with van der Waals surface area (Å²) in [6.07, 6.45) is 1.78. The number of hydrogen-bond donors (Lipinski definition) is 1. The van der Waals surface area contributed by atoms with E-state index in [0.717, 1.165) is 5.56 Å². The Balaban J connectivity index is 1.86. The van der Waals surface area contributed by atoms with E-state index in [1.54, 1.807) is 36.4 Å². The first-order valence-electron chi connectivity index (χ1n) is 9.98. The van der Waals surface area contributed by atoms with E-state index in [0.29, 0.717) is 43.9 Å². The summed E-state index contributed by atoms with van der Waals surface area (Å²) in [5.74, 6) is 1.07. The van der Waals surface area contributed by atoms with Gasteiger partial charge in [-0.3, -0.25) is 4.79 Å². The molecule has 1 heterocycles. The predicted octanol–water partition coefficient (Wildman–Crippen LogP) is 6.84. The van der Waals surface area contributed by atoms with Gasteiger partial charge < -0.3 is 9.88 Å². The third-order valence-electron chi connectivity index (χ3n) is 4.78. The van der Waals surface area contributed by atoms with Gasteiger partial charge in [0, 0.05) is 22.3 Å². The van der Waals surface area contributed by atoms with Gasteiger partial charge in [-0.05, 0) is 35.7 Å². The Hall–Kier alpha value is -1.99. The molecule has 0 saturated heterocycles.